The highest BCUT2D eigenvalue weighted by Crippen LogP contribution is 2.21. The van der Waals surface area contributed by atoms with Crippen LogP contribution in [-0.4, -0.2) is 42.4 Å². The van der Waals surface area contributed by atoms with E-state index in [9.17, 15) is 9.59 Å². The van der Waals surface area contributed by atoms with Gasteiger partial charge in [-0.3, -0.25) is 9.59 Å². The van der Waals surface area contributed by atoms with E-state index in [-0.39, 0.29) is 30.3 Å². The lowest BCUT2D eigenvalue weighted by atomic mass is 10.0. The third-order valence-corrected chi connectivity index (χ3v) is 4.34. The molecule has 1 saturated heterocycles. The van der Waals surface area contributed by atoms with Crippen LogP contribution in [0.5, 0.6) is 0 Å². The molecule has 1 fully saturated rings. The zero-order valence-electron chi connectivity index (χ0n) is 11.9. The van der Waals surface area contributed by atoms with Crippen LogP contribution >= 0.6 is 23.7 Å². The average molecular weight is 332 g/mol. The molecule has 0 aliphatic carbocycles. The van der Waals surface area contributed by atoms with Crippen LogP contribution in [0.15, 0.2) is 17.5 Å². The molecule has 21 heavy (non-hydrogen) atoms. The molecule has 0 radical (unpaired) electrons. The van der Waals surface area contributed by atoms with E-state index in [1.807, 2.05) is 17.5 Å². The zero-order chi connectivity index (χ0) is 14.4. The number of hydrogen-bond donors (Lipinski definition) is 2. The Labute approximate surface area is 135 Å². The first-order valence-corrected chi connectivity index (χ1v) is 7.94. The first-order chi connectivity index (χ1) is 9.74. The molecule has 2 amide bonds. The van der Waals surface area contributed by atoms with Crippen molar-refractivity contribution in [2.75, 3.05) is 19.6 Å². The van der Waals surface area contributed by atoms with E-state index < -0.39 is 0 Å². The van der Waals surface area contributed by atoms with Crippen molar-refractivity contribution in [3.8, 4) is 0 Å². The lowest BCUT2D eigenvalue weighted by molar-refractivity contribution is -0.126. The van der Waals surface area contributed by atoms with Gasteiger partial charge in [0, 0.05) is 13.1 Å². The second-order valence-corrected chi connectivity index (χ2v) is 5.87. The summed E-state index contributed by atoms with van der Waals surface area (Å²) in [5.41, 5.74) is 5.42. The van der Waals surface area contributed by atoms with E-state index in [1.165, 1.54) is 11.3 Å². The predicted octanol–water partition coefficient (Wildman–Crippen LogP) is 1.63. The summed E-state index contributed by atoms with van der Waals surface area (Å²) in [4.78, 5) is 27.1. The summed E-state index contributed by atoms with van der Waals surface area (Å²) in [5, 5.41) is 4.76. The summed E-state index contributed by atoms with van der Waals surface area (Å²) in [6.07, 6.45) is 3.45. The molecule has 3 N–H and O–H groups in total. The molecule has 0 saturated carbocycles. The second-order valence-electron chi connectivity index (χ2n) is 4.92. The molecule has 0 spiro atoms. The topological polar surface area (TPSA) is 75.4 Å². The summed E-state index contributed by atoms with van der Waals surface area (Å²) in [5.74, 6) is -0.0817. The van der Waals surface area contributed by atoms with Crippen molar-refractivity contribution >= 4 is 35.6 Å². The Morgan fingerprint density at radius 3 is 2.90 bits per heavy atom. The standard InChI is InChI=1S/C14H21N3O2S.ClH/c15-7-4-8-16-13(18)11-5-1-2-9-17(11)14(19)12-6-3-10-20-12;/h3,6,10-11H,1-2,4-5,7-9,15H2,(H,16,18);1H. The van der Waals surface area contributed by atoms with Gasteiger partial charge in [-0.1, -0.05) is 6.07 Å². The minimum atomic E-state index is -0.337. The number of amides is 2. The highest BCUT2D eigenvalue weighted by molar-refractivity contribution is 7.12. The maximum Gasteiger partial charge on any atom is 0.264 e. The van der Waals surface area contributed by atoms with Gasteiger partial charge in [-0.2, -0.15) is 0 Å². The van der Waals surface area contributed by atoms with Crippen LogP contribution in [0.25, 0.3) is 0 Å². The molecule has 2 rings (SSSR count). The molecule has 1 aliphatic rings. The normalized spacial score (nSPS) is 18.0. The monoisotopic (exact) mass is 331 g/mol. The lowest BCUT2D eigenvalue weighted by Crippen LogP contribution is -2.52. The molecule has 0 bridgehead atoms. The SMILES string of the molecule is Cl.NCCCNC(=O)C1CCCCN1C(=O)c1cccs1. The van der Waals surface area contributed by atoms with Gasteiger partial charge in [-0.05, 0) is 43.7 Å². The van der Waals surface area contributed by atoms with E-state index in [2.05, 4.69) is 5.32 Å². The van der Waals surface area contributed by atoms with Crippen LogP contribution < -0.4 is 11.1 Å². The van der Waals surface area contributed by atoms with Crippen molar-refractivity contribution in [1.29, 1.82) is 0 Å². The van der Waals surface area contributed by atoms with Crippen LogP contribution in [0.3, 0.4) is 0 Å². The summed E-state index contributed by atoms with van der Waals surface area (Å²) < 4.78 is 0. The number of rotatable bonds is 5. The van der Waals surface area contributed by atoms with Crippen molar-refractivity contribution in [1.82, 2.24) is 10.2 Å². The summed E-state index contributed by atoms with van der Waals surface area (Å²) >= 11 is 1.42. The highest BCUT2D eigenvalue weighted by Gasteiger charge is 2.32. The number of carbonyl (C=O) groups is 2. The number of halogens is 1. The molecule has 7 heteroatoms. The van der Waals surface area contributed by atoms with E-state index in [0.29, 0.717) is 24.5 Å². The summed E-state index contributed by atoms with van der Waals surface area (Å²) in [6.45, 7) is 1.79. The van der Waals surface area contributed by atoms with E-state index in [4.69, 9.17) is 5.73 Å². The maximum atomic E-state index is 12.4. The number of piperidine rings is 1. The van der Waals surface area contributed by atoms with Gasteiger partial charge in [0.05, 0.1) is 4.88 Å². The van der Waals surface area contributed by atoms with Gasteiger partial charge >= 0.3 is 0 Å². The fourth-order valence-electron chi connectivity index (χ4n) is 2.42. The van der Waals surface area contributed by atoms with Gasteiger partial charge in [-0.25, -0.2) is 0 Å². The maximum absolute atomic E-state index is 12.4. The lowest BCUT2D eigenvalue weighted by Gasteiger charge is -2.34. The predicted molar refractivity (Wildman–Crippen MR) is 86.9 cm³/mol. The Morgan fingerprint density at radius 2 is 2.24 bits per heavy atom. The first kappa shape index (κ1) is 17.9. The minimum Gasteiger partial charge on any atom is -0.354 e. The highest BCUT2D eigenvalue weighted by atomic mass is 35.5. The third kappa shape index (κ3) is 4.69. The van der Waals surface area contributed by atoms with Gasteiger partial charge in [0.25, 0.3) is 5.91 Å². The van der Waals surface area contributed by atoms with Crippen LogP contribution in [0.1, 0.15) is 35.4 Å². The number of hydrogen-bond acceptors (Lipinski definition) is 4. The molecule has 1 aliphatic heterocycles. The Balaban J connectivity index is 0.00000220. The molecular formula is C14H22ClN3O2S. The molecule has 1 aromatic rings. The van der Waals surface area contributed by atoms with Crippen LogP contribution in [0.2, 0.25) is 0 Å². The summed E-state index contributed by atoms with van der Waals surface area (Å²) in [7, 11) is 0. The first-order valence-electron chi connectivity index (χ1n) is 7.06. The number of likely N-dealkylation sites (tertiary alicyclic amines) is 1. The molecule has 118 valence electrons. The molecule has 0 aromatic carbocycles. The molecule has 2 heterocycles. The van der Waals surface area contributed by atoms with Gasteiger partial charge in [0.2, 0.25) is 5.91 Å². The van der Waals surface area contributed by atoms with Gasteiger partial charge < -0.3 is 16.0 Å². The number of nitrogens with two attached hydrogens (primary N) is 1. The third-order valence-electron chi connectivity index (χ3n) is 3.48. The van der Waals surface area contributed by atoms with Crippen LogP contribution in [0, 0.1) is 0 Å². The smallest absolute Gasteiger partial charge is 0.264 e. The molecular weight excluding hydrogens is 310 g/mol. The quantitative estimate of drug-likeness (QED) is 0.805. The molecule has 1 unspecified atom stereocenters. The van der Waals surface area contributed by atoms with Gasteiger partial charge in [0.1, 0.15) is 6.04 Å². The van der Waals surface area contributed by atoms with Gasteiger partial charge in [0.15, 0.2) is 0 Å². The average Bonchev–Trinajstić information content (AvgIpc) is 3.01. The van der Waals surface area contributed by atoms with Crippen LogP contribution in [0.4, 0.5) is 0 Å². The zero-order valence-corrected chi connectivity index (χ0v) is 13.5. The number of thiophene rings is 1. The van der Waals surface area contributed by atoms with Crippen molar-refractivity contribution in [2.24, 2.45) is 5.73 Å². The fourth-order valence-corrected chi connectivity index (χ4v) is 3.10. The van der Waals surface area contributed by atoms with Crippen LogP contribution in [-0.2, 0) is 4.79 Å². The molecule has 5 nitrogen and oxygen atoms in total. The molecule has 1 atom stereocenters. The van der Waals surface area contributed by atoms with Crippen molar-refractivity contribution in [3.63, 3.8) is 0 Å². The number of nitrogens with one attached hydrogen (secondary N) is 1. The second kappa shape index (κ2) is 9.02. The largest absolute Gasteiger partial charge is 0.354 e. The number of carbonyl (C=O) groups excluding carboxylic acids is 2. The minimum absolute atomic E-state index is 0. The van der Waals surface area contributed by atoms with Crippen molar-refractivity contribution in [3.05, 3.63) is 22.4 Å². The molecule has 1 aromatic heterocycles. The Morgan fingerprint density at radius 1 is 1.43 bits per heavy atom. The van der Waals surface area contributed by atoms with Crippen molar-refractivity contribution < 1.29 is 9.59 Å². The number of nitrogens with zero attached hydrogens (tertiary/aromatic N) is 1. The van der Waals surface area contributed by atoms with E-state index in [1.54, 1.807) is 4.90 Å². The van der Waals surface area contributed by atoms with Crippen molar-refractivity contribution in [2.45, 2.75) is 31.7 Å². The Bertz CT molecular complexity index is 453. The summed E-state index contributed by atoms with van der Waals surface area (Å²) in [6, 6.07) is 3.33. The Kier molecular flexibility index (Phi) is 7.71. The van der Waals surface area contributed by atoms with Gasteiger partial charge in [-0.15, -0.1) is 23.7 Å². The Hall–Kier alpha value is -1.11. The fraction of sp³-hybridized carbons (Fsp3) is 0.571. The van der Waals surface area contributed by atoms with E-state index >= 15 is 0 Å². The van der Waals surface area contributed by atoms with E-state index in [0.717, 1.165) is 25.7 Å².